The lowest BCUT2D eigenvalue weighted by Gasteiger charge is -2.06. The van der Waals surface area contributed by atoms with E-state index >= 15 is 0 Å². The number of aryl methyl sites for hydroxylation is 1. The van der Waals surface area contributed by atoms with Crippen LogP contribution in [0.3, 0.4) is 0 Å². The Kier molecular flexibility index (Phi) is 4.43. The minimum absolute atomic E-state index is 0.682. The average Bonchev–Trinajstić information content (AvgIpc) is 2.73. The van der Waals surface area contributed by atoms with Crippen LogP contribution < -0.4 is 0 Å². The van der Waals surface area contributed by atoms with Crippen LogP contribution in [-0.2, 0) is 13.0 Å². The van der Waals surface area contributed by atoms with E-state index in [1.807, 2.05) is 6.07 Å². The number of imidazole rings is 1. The van der Waals surface area contributed by atoms with Crippen molar-refractivity contribution in [1.29, 1.82) is 0 Å². The number of halogens is 1. The minimum atomic E-state index is 0.682. The molecule has 0 saturated carbocycles. The lowest BCUT2D eigenvalue weighted by molar-refractivity contribution is 0.730. The highest BCUT2D eigenvalue weighted by Crippen LogP contribution is 2.18. The van der Waals surface area contributed by atoms with Crippen molar-refractivity contribution in [2.75, 3.05) is 5.88 Å². The fourth-order valence-corrected chi connectivity index (χ4v) is 2.34. The molecule has 0 aliphatic carbocycles. The Morgan fingerprint density at radius 3 is 2.89 bits per heavy atom. The van der Waals surface area contributed by atoms with Crippen molar-refractivity contribution in [3.05, 3.63) is 41.7 Å². The summed E-state index contributed by atoms with van der Waals surface area (Å²) in [4.78, 5) is 4.72. The molecular formula is C15H19ClN2. The van der Waals surface area contributed by atoms with Gasteiger partial charge in [-0.1, -0.05) is 23.8 Å². The van der Waals surface area contributed by atoms with E-state index in [1.165, 1.54) is 11.1 Å². The summed E-state index contributed by atoms with van der Waals surface area (Å²) in [6.07, 6.45) is 4.03. The monoisotopic (exact) mass is 262 g/mol. The van der Waals surface area contributed by atoms with Gasteiger partial charge in [0.25, 0.3) is 0 Å². The zero-order chi connectivity index (χ0) is 13.0. The highest BCUT2D eigenvalue weighted by atomic mass is 35.5. The number of aromatic nitrogens is 2. The standard InChI is InChI=1S/C15H19ClN2/c1-3-18-14-9-5-4-8-13(14)17-15(18)11-12(2)7-6-10-16/h4-5,7-9H,3,6,10-11H2,1-2H3. The van der Waals surface area contributed by atoms with Gasteiger partial charge in [-0.15, -0.1) is 11.6 Å². The summed E-state index contributed by atoms with van der Waals surface area (Å²) in [6.45, 7) is 5.26. The lowest BCUT2D eigenvalue weighted by Crippen LogP contribution is -2.02. The van der Waals surface area contributed by atoms with Crippen LogP contribution in [0.1, 0.15) is 26.1 Å². The van der Waals surface area contributed by atoms with Crippen molar-refractivity contribution in [1.82, 2.24) is 9.55 Å². The van der Waals surface area contributed by atoms with E-state index < -0.39 is 0 Å². The maximum Gasteiger partial charge on any atom is 0.113 e. The molecule has 2 aromatic rings. The summed E-state index contributed by atoms with van der Waals surface area (Å²) in [7, 11) is 0. The number of benzene rings is 1. The summed E-state index contributed by atoms with van der Waals surface area (Å²) in [5.41, 5.74) is 3.64. The molecule has 0 aliphatic rings. The van der Waals surface area contributed by atoms with Crippen molar-refractivity contribution in [3.63, 3.8) is 0 Å². The third kappa shape index (κ3) is 2.75. The summed E-state index contributed by atoms with van der Waals surface area (Å²) < 4.78 is 2.29. The second-order valence-electron chi connectivity index (χ2n) is 4.47. The molecular weight excluding hydrogens is 244 g/mol. The molecule has 0 radical (unpaired) electrons. The van der Waals surface area contributed by atoms with Crippen LogP contribution in [0.2, 0.25) is 0 Å². The molecule has 3 heteroatoms. The Morgan fingerprint density at radius 2 is 2.17 bits per heavy atom. The van der Waals surface area contributed by atoms with Crippen LogP contribution in [0, 0.1) is 0 Å². The highest BCUT2D eigenvalue weighted by molar-refractivity contribution is 6.17. The number of hydrogen-bond donors (Lipinski definition) is 0. The zero-order valence-electron chi connectivity index (χ0n) is 11.0. The molecule has 96 valence electrons. The van der Waals surface area contributed by atoms with Gasteiger partial charge >= 0.3 is 0 Å². The molecule has 2 rings (SSSR count). The molecule has 0 fully saturated rings. The second-order valence-corrected chi connectivity index (χ2v) is 4.84. The van der Waals surface area contributed by atoms with E-state index in [-0.39, 0.29) is 0 Å². The van der Waals surface area contributed by atoms with Gasteiger partial charge in [0.2, 0.25) is 0 Å². The first-order valence-corrected chi connectivity index (χ1v) is 6.95. The lowest BCUT2D eigenvalue weighted by atomic mass is 10.2. The fraction of sp³-hybridized carbons (Fsp3) is 0.400. The predicted octanol–water partition coefficient (Wildman–Crippen LogP) is 4.17. The van der Waals surface area contributed by atoms with Gasteiger partial charge in [0.1, 0.15) is 5.82 Å². The van der Waals surface area contributed by atoms with Crippen LogP contribution in [-0.4, -0.2) is 15.4 Å². The number of allylic oxidation sites excluding steroid dienone is 2. The molecule has 0 saturated heterocycles. The Bertz CT molecular complexity index is 555. The van der Waals surface area contributed by atoms with Crippen LogP contribution >= 0.6 is 11.6 Å². The topological polar surface area (TPSA) is 17.8 Å². The van der Waals surface area contributed by atoms with Gasteiger partial charge in [0.15, 0.2) is 0 Å². The van der Waals surface area contributed by atoms with E-state index in [4.69, 9.17) is 16.6 Å². The molecule has 1 heterocycles. The van der Waals surface area contributed by atoms with Crippen LogP contribution in [0.5, 0.6) is 0 Å². The largest absolute Gasteiger partial charge is 0.328 e. The third-order valence-electron chi connectivity index (χ3n) is 3.09. The van der Waals surface area contributed by atoms with E-state index in [0.717, 1.165) is 30.7 Å². The Balaban J connectivity index is 2.33. The first-order valence-electron chi connectivity index (χ1n) is 6.42. The fourth-order valence-electron chi connectivity index (χ4n) is 2.24. The van der Waals surface area contributed by atoms with Crippen LogP contribution in [0.15, 0.2) is 35.9 Å². The highest BCUT2D eigenvalue weighted by Gasteiger charge is 2.08. The van der Waals surface area contributed by atoms with Gasteiger partial charge in [-0.05, 0) is 32.4 Å². The Labute approximate surface area is 113 Å². The first kappa shape index (κ1) is 13.2. The molecule has 2 nitrogen and oxygen atoms in total. The number of para-hydroxylation sites is 2. The van der Waals surface area contributed by atoms with Gasteiger partial charge in [-0.3, -0.25) is 0 Å². The van der Waals surface area contributed by atoms with Gasteiger partial charge < -0.3 is 4.57 Å². The number of rotatable bonds is 5. The number of fused-ring (bicyclic) bond motifs is 1. The Morgan fingerprint density at radius 1 is 1.39 bits per heavy atom. The molecule has 0 amide bonds. The second kappa shape index (κ2) is 6.05. The minimum Gasteiger partial charge on any atom is -0.328 e. The number of hydrogen-bond acceptors (Lipinski definition) is 1. The van der Waals surface area contributed by atoms with Gasteiger partial charge in [0, 0.05) is 18.8 Å². The maximum atomic E-state index is 5.71. The van der Waals surface area contributed by atoms with Gasteiger partial charge in [0.05, 0.1) is 11.0 Å². The normalized spacial score (nSPS) is 12.3. The van der Waals surface area contributed by atoms with E-state index in [0.29, 0.717) is 5.88 Å². The van der Waals surface area contributed by atoms with Crippen LogP contribution in [0.4, 0.5) is 0 Å². The SMILES string of the molecule is CCn1c(CC(C)=CCCCl)nc2ccccc21. The maximum absolute atomic E-state index is 5.71. The van der Waals surface area contributed by atoms with Gasteiger partial charge in [-0.2, -0.15) is 0 Å². The van der Waals surface area contributed by atoms with Crippen molar-refractivity contribution in [2.24, 2.45) is 0 Å². The van der Waals surface area contributed by atoms with Crippen molar-refractivity contribution >= 4 is 22.6 Å². The molecule has 0 unspecified atom stereocenters. The first-order chi connectivity index (χ1) is 8.76. The number of alkyl halides is 1. The smallest absolute Gasteiger partial charge is 0.113 e. The molecule has 1 aromatic carbocycles. The van der Waals surface area contributed by atoms with E-state index in [2.05, 4.69) is 42.7 Å². The Hall–Kier alpha value is -1.28. The summed E-state index contributed by atoms with van der Waals surface area (Å²) in [5, 5.41) is 0. The molecule has 0 atom stereocenters. The molecule has 0 N–H and O–H groups in total. The molecule has 0 spiro atoms. The predicted molar refractivity (Wildman–Crippen MR) is 78.2 cm³/mol. The van der Waals surface area contributed by atoms with Gasteiger partial charge in [-0.25, -0.2) is 4.98 Å². The summed E-state index contributed by atoms with van der Waals surface area (Å²) in [6, 6.07) is 8.31. The van der Waals surface area contributed by atoms with E-state index in [9.17, 15) is 0 Å². The zero-order valence-corrected chi connectivity index (χ0v) is 11.7. The van der Waals surface area contributed by atoms with Crippen molar-refractivity contribution in [3.8, 4) is 0 Å². The average molecular weight is 263 g/mol. The summed E-state index contributed by atoms with van der Waals surface area (Å²) in [5.74, 6) is 1.82. The quantitative estimate of drug-likeness (QED) is 0.584. The molecule has 18 heavy (non-hydrogen) atoms. The van der Waals surface area contributed by atoms with Crippen molar-refractivity contribution < 1.29 is 0 Å². The molecule has 1 aromatic heterocycles. The molecule has 0 bridgehead atoms. The summed E-state index contributed by atoms with van der Waals surface area (Å²) >= 11 is 5.71. The number of nitrogens with zero attached hydrogens (tertiary/aromatic N) is 2. The van der Waals surface area contributed by atoms with E-state index in [1.54, 1.807) is 0 Å². The van der Waals surface area contributed by atoms with Crippen molar-refractivity contribution in [2.45, 2.75) is 33.2 Å². The van der Waals surface area contributed by atoms with Crippen LogP contribution in [0.25, 0.3) is 11.0 Å². The third-order valence-corrected chi connectivity index (χ3v) is 3.31. The molecule has 0 aliphatic heterocycles.